The molecule has 5 aromatic rings. The number of rotatable bonds is 16. The smallest absolute Gasteiger partial charge is 0.264 e. The van der Waals surface area contributed by atoms with Gasteiger partial charge in [0, 0.05) is 19.5 Å². The Balaban J connectivity index is 1.54. The summed E-state index contributed by atoms with van der Waals surface area (Å²) < 4.78 is 35.6. The van der Waals surface area contributed by atoms with Crippen LogP contribution in [0.2, 0.25) is 0 Å². The molecule has 0 bridgehead atoms. The average molecular weight is 690 g/mol. The molecule has 0 saturated heterocycles. The van der Waals surface area contributed by atoms with Crippen molar-refractivity contribution in [1.29, 1.82) is 0 Å². The van der Waals surface area contributed by atoms with Gasteiger partial charge in [0.2, 0.25) is 11.8 Å². The molecule has 5 rings (SSSR count). The molecule has 0 aliphatic carbocycles. The van der Waals surface area contributed by atoms with Crippen molar-refractivity contribution in [3.8, 4) is 11.5 Å². The lowest BCUT2D eigenvalue weighted by Crippen LogP contribution is -2.53. The van der Waals surface area contributed by atoms with Crippen molar-refractivity contribution in [3.05, 3.63) is 156 Å². The van der Waals surface area contributed by atoms with Gasteiger partial charge in [-0.25, -0.2) is 8.42 Å². The monoisotopic (exact) mass is 689 g/mol. The van der Waals surface area contributed by atoms with E-state index in [0.717, 1.165) is 33.8 Å². The van der Waals surface area contributed by atoms with Crippen molar-refractivity contribution in [2.24, 2.45) is 0 Å². The van der Waals surface area contributed by atoms with Crippen LogP contribution in [0.3, 0.4) is 0 Å². The summed E-state index contributed by atoms with van der Waals surface area (Å²) in [6.07, 6.45) is 1.95. The summed E-state index contributed by atoms with van der Waals surface area (Å²) in [5.41, 5.74) is 2.98. The maximum Gasteiger partial charge on any atom is 0.264 e. The van der Waals surface area contributed by atoms with Gasteiger partial charge in [-0.1, -0.05) is 104 Å². The summed E-state index contributed by atoms with van der Waals surface area (Å²) in [5.74, 6) is 0.349. The topological polar surface area (TPSA) is 96.0 Å². The van der Waals surface area contributed by atoms with Crippen LogP contribution in [0.5, 0.6) is 11.5 Å². The van der Waals surface area contributed by atoms with E-state index in [1.54, 1.807) is 42.5 Å². The predicted octanol–water partition coefficient (Wildman–Crippen LogP) is 7.54. The second kappa shape index (κ2) is 17.3. The normalized spacial score (nSPS) is 11.7. The minimum Gasteiger partial charge on any atom is -0.457 e. The van der Waals surface area contributed by atoms with Gasteiger partial charge in [-0.3, -0.25) is 13.9 Å². The number of sulfonamides is 1. The third-order valence-electron chi connectivity index (χ3n) is 8.42. The van der Waals surface area contributed by atoms with E-state index in [4.69, 9.17) is 4.74 Å². The molecule has 0 aliphatic heterocycles. The molecule has 8 nitrogen and oxygen atoms in total. The van der Waals surface area contributed by atoms with Gasteiger partial charge in [-0.05, 0) is 78.6 Å². The number of nitrogens with zero attached hydrogens (tertiary/aromatic N) is 2. The van der Waals surface area contributed by atoms with E-state index >= 15 is 0 Å². The van der Waals surface area contributed by atoms with Crippen LogP contribution in [0.4, 0.5) is 5.69 Å². The molecule has 0 aliphatic rings. The summed E-state index contributed by atoms with van der Waals surface area (Å²) in [5, 5.41) is 3.03. The number of unbranched alkanes of at least 4 members (excludes halogenated alkanes) is 1. The van der Waals surface area contributed by atoms with Crippen LogP contribution >= 0.6 is 0 Å². The van der Waals surface area contributed by atoms with E-state index in [0.29, 0.717) is 18.0 Å². The molecule has 0 heterocycles. The Morgan fingerprint density at radius 3 is 1.96 bits per heavy atom. The Labute approximate surface area is 295 Å². The first-order valence-corrected chi connectivity index (χ1v) is 18.3. The van der Waals surface area contributed by atoms with Crippen molar-refractivity contribution in [2.45, 2.75) is 50.6 Å². The van der Waals surface area contributed by atoms with E-state index in [9.17, 15) is 18.0 Å². The molecule has 5 aromatic carbocycles. The van der Waals surface area contributed by atoms with Crippen LogP contribution in [0.1, 0.15) is 36.5 Å². The molecule has 50 heavy (non-hydrogen) atoms. The third kappa shape index (κ3) is 9.39. The lowest BCUT2D eigenvalue weighted by Gasteiger charge is -2.34. The number of anilines is 1. The Hall–Kier alpha value is -5.41. The van der Waals surface area contributed by atoms with Crippen LogP contribution in [0.15, 0.2) is 144 Å². The lowest BCUT2D eigenvalue weighted by molar-refractivity contribution is -0.140. The highest BCUT2D eigenvalue weighted by molar-refractivity contribution is 7.92. The molecule has 1 atom stereocenters. The van der Waals surface area contributed by atoms with E-state index in [2.05, 4.69) is 5.32 Å². The largest absolute Gasteiger partial charge is 0.457 e. The SMILES string of the molecule is CCCCNC(=O)[C@H](Cc1ccccc1)N(Cc1ccccc1C)C(=O)CN(c1ccc(Oc2ccccc2)cc1)S(=O)(=O)c1ccccc1. The third-order valence-corrected chi connectivity index (χ3v) is 10.2. The highest BCUT2D eigenvalue weighted by atomic mass is 32.2. The molecule has 0 saturated carbocycles. The zero-order chi connectivity index (χ0) is 35.3. The number of hydrogen-bond acceptors (Lipinski definition) is 5. The Morgan fingerprint density at radius 1 is 0.740 bits per heavy atom. The molecule has 0 unspecified atom stereocenters. The van der Waals surface area contributed by atoms with Gasteiger partial charge in [0.25, 0.3) is 10.0 Å². The summed E-state index contributed by atoms with van der Waals surface area (Å²) >= 11 is 0. The second-order valence-electron chi connectivity index (χ2n) is 12.0. The Morgan fingerprint density at radius 2 is 1.32 bits per heavy atom. The van der Waals surface area contributed by atoms with Crippen LogP contribution in [0, 0.1) is 6.92 Å². The molecular weight excluding hydrogens is 647 g/mol. The number of aryl methyl sites for hydroxylation is 1. The van der Waals surface area contributed by atoms with E-state index in [1.807, 2.05) is 98.8 Å². The zero-order valence-corrected chi connectivity index (χ0v) is 29.3. The number of carbonyl (C=O) groups is 2. The summed E-state index contributed by atoms with van der Waals surface area (Å²) in [7, 11) is -4.21. The maximum atomic E-state index is 14.7. The van der Waals surface area contributed by atoms with E-state index in [1.165, 1.54) is 17.0 Å². The van der Waals surface area contributed by atoms with Crippen LogP contribution in [-0.2, 0) is 32.6 Å². The molecular formula is C41H43N3O5S. The minimum atomic E-state index is -4.21. The van der Waals surface area contributed by atoms with Crippen LogP contribution < -0.4 is 14.4 Å². The van der Waals surface area contributed by atoms with Crippen molar-refractivity contribution in [2.75, 3.05) is 17.4 Å². The minimum absolute atomic E-state index is 0.0426. The fourth-order valence-corrected chi connectivity index (χ4v) is 7.02. The first-order chi connectivity index (χ1) is 24.3. The molecule has 1 N–H and O–H groups in total. The number of nitrogens with one attached hydrogen (secondary N) is 1. The highest BCUT2D eigenvalue weighted by Crippen LogP contribution is 2.29. The van der Waals surface area contributed by atoms with Gasteiger partial charge in [-0.15, -0.1) is 0 Å². The quantitative estimate of drug-likeness (QED) is 0.108. The first kappa shape index (κ1) is 35.9. The second-order valence-corrected chi connectivity index (χ2v) is 13.9. The molecule has 258 valence electrons. The zero-order valence-electron chi connectivity index (χ0n) is 28.4. The molecule has 0 spiro atoms. The van der Waals surface area contributed by atoms with Gasteiger partial charge in [0.05, 0.1) is 10.6 Å². The van der Waals surface area contributed by atoms with Gasteiger partial charge in [0.1, 0.15) is 24.1 Å². The fraction of sp³-hybridized carbons (Fsp3) is 0.220. The summed E-state index contributed by atoms with van der Waals surface area (Å²) in [6, 6.07) is 40.2. The summed E-state index contributed by atoms with van der Waals surface area (Å²) in [4.78, 5) is 30.2. The van der Waals surface area contributed by atoms with Crippen LogP contribution in [-0.4, -0.2) is 44.3 Å². The molecule has 0 aromatic heterocycles. The summed E-state index contributed by atoms with van der Waals surface area (Å²) in [6.45, 7) is 4.06. The lowest BCUT2D eigenvalue weighted by atomic mass is 10.0. The van der Waals surface area contributed by atoms with Gasteiger partial charge >= 0.3 is 0 Å². The van der Waals surface area contributed by atoms with Crippen molar-refractivity contribution < 1.29 is 22.7 Å². The Bertz CT molecular complexity index is 1940. The molecule has 9 heteroatoms. The highest BCUT2D eigenvalue weighted by Gasteiger charge is 2.34. The van der Waals surface area contributed by atoms with Crippen molar-refractivity contribution in [3.63, 3.8) is 0 Å². The maximum absolute atomic E-state index is 14.7. The van der Waals surface area contributed by atoms with Crippen LogP contribution in [0.25, 0.3) is 0 Å². The van der Waals surface area contributed by atoms with Gasteiger partial charge < -0.3 is 15.0 Å². The fourth-order valence-electron chi connectivity index (χ4n) is 5.58. The predicted molar refractivity (Wildman–Crippen MR) is 198 cm³/mol. The first-order valence-electron chi connectivity index (χ1n) is 16.8. The van der Waals surface area contributed by atoms with E-state index < -0.39 is 28.5 Å². The number of benzene rings is 5. The number of amides is 2. The molecule has 2 amide bonds. The molecule has 0 fully saturated rings. The molecule has 0 radical (unpaired) electrons. The number of para-hydroxylation sites is 1. The van der Waals surface area contributed by atoms with E-state index in [-0.39, 0.29) is 29.5 Å². The van der Waals surface area contributed by atoms with Gasteiger partial charge in [-0.2, -0.15) is 0 Å². The van der Waals surface area contributed by atoms with Gasteiger partial charge in [0.15, 0.2) is 0 Å². The van der Waals surface area contributed by atoms with Crippen molar-refractivity contribution >= 4 is 27.5 Å². The standard InChI is InChI=1S/C41H43N3O5S/c1-3-4-28-42-41(46)39(29-33-17-8-5-9-18-33)43(30-34-19-15-14-16-32(34)2)40(45)31-44(50(47,48)38-22-12-7-13-23-38)35-24-26-37(27-25-35)49-36-20-10-6-11-21-36/h5-27,39H,3-4,28-31H2,1-2H3,(H,42,46)/t39-/m0/s1. The number of ether oxygens (including phenoxy) is 1. The van der Waals surface area contributed by atoms with Crippen molar-refractivity contribution in [1.82, 2.24) is 10.2 Å². The number of carbonyl (C=O) groups excluding carboxylic acids is 2. The number of hydrogen-bond donors (Lipinski definition) is 1. The average Bonchev–Trinajstić information content (AvgIpc) is 3.14. The Kier molecular flexibility index (Phi) is 12.4.